The van der Waals surface area contributed by atoms with Gasteiger partial charge >= 0.3 is 5.82 Å². The molecule has 2 N–H and O–H groups in total. The summed E-state index contributed by atoms with van der Waals surface area (Å²) in [5.74, 6) is 0.283. The number of aromatic nitrogens is 4. The maximum Gasteiger partial charge on any atom is 0.333 e. The molecule has 0 amide bonds. The number of H-pyrrole nitrogens is 1. The highest BCUT2D eigenvalue weighted by atomic mass is 35.5. The van der Waals surface area contributed by atoms with Crippen molar-refractivity contribution >= 4 is 18.1 Å². The number of hydrogen-bond acceptors (Lipinski definition) is 3. The largest absolute Gasteiger partial charge is 0.387 e. The first-order valence-electron chi connectivity index (χ1n) is 4.47. The molecule has 2 aromatic rings. The van der Waals surface area contributed by atoms with Crippen molar-refractivity contribution in [2.45, 2.75) is 0 Å². The van der Waals surface area contributed by atoms with Crippen LogP contribution in [0.5, 0.6) is 0 Å². The topological polar surface area (TPSA) is 57.5 Å². The van der Waals surface area contributed by atoms with Crippen molar-refractivity contribution in [1.29, 1.82) is 0 Å². The highest BCUT2D eigenvalue weighted by molar-refractivity contribution is 5.85. The van der Waals surface area contributed by atoms with Crippen LogP contribution < -0.4 is 10.00 Å². The Morgan fingerprint density at radius 2 is 2.19 bits per heavy atom. The molecule has 0 saturated heterocycles. The number of nitrogens with zero attached hydrogens (tertiary/aromatic N) is 3. The van der Waals surface area contributed by atoms with Crippen LogP contribution in [0.15, 0.2) is 18.2 Å². The summed E-state index contributed by atoms with van der Waals surface area (Å²) in [6.45, 7) is 0. The van der Waals surface area contributed by atoms with Gasteiger partial charge in [-0.05, 0) is 18.2 Å². The molecular formula is C9H12ClFN5+. The van der Waals surface area contributed by atoms with Crippen molar-refractivity contribution in [2.24, 2.45) is 7.05 Å². The zero-order valence-electron chi connectivity index (χ0n) is 8.86. The van der Waals surface area contributed by atoms with Crippen LogP contribution in [0.1, 0.15) is 0 Å². The molecule has 7 heteroatoms. The number of aromatic amines is 1. The number of halogens is 2. The second-order valence-corrected chi connectivity index (χ2v) is 3.12. The van der Waals surface area contributed by atoms with E-state index in [0.717, 1.165) is 5.69 Å². The van der Waals surface area contributed by atoms with Gasteiger partial charge in [0.25, 0.3) is 0 Å². The monoisotopic (exact) mass is 244 g/mol. The van der Waals surface area contributed by atoms with Gasteiger partial charge in [-0.3, -0.25) is 0 Å². The van der Waals surface area contributed by atoms with Gasteiger partial charge in [0.05, 0.1) is 12.6 Å². The van der Waals surface area contributed by atoms with E-state index >= 15 is 0 Å². The molecule has 0 bridgehead atoms. The van der Waals surface area contributed by atoms with Gasteiger partial charge in [0, 0.05) is 12.7 Å². The molecule has 86 valence electrons. The molecule has 0 radical (unpaired) electrons. The van der Waals surface area contributed by atoms with Crippen molar-refractivity contribution < 1.29 is 9.07 Å². The van der Waals surface area contributed by atoms with E-state index in [4.69, 9.17) is 0 Å². The zero-order chi connectivity index (χ0) is 10.8. The first kappa shape index (κ1) is 12.4. The minimum atomic E-state index is -0.299. The van der Waals surface area contributed by atoms with Crippen molar-refractivity contribution in [2.75, 3.05) is 12.4 Å². The third kappa shape index (κ3) is 2.11. The van der Waals surface area contributed by atoms with Gasteiger partial charge in [0.15, 0.2) is 5.21 Å². The van der Waals surface area contributed by atoms with E-state index in [2.05, 4.69) is 20.8 Å². The van der Waals surface area contributed by atoms with E-state index in [1.165, 1.54) is 12.1 Å². The van der Waals surface area contributed by atoms with Gasteiger partial charge in [-0.25, -0.2) is 4.39 Å². The van der Waals surface area contributed by atoms with Crippen molar-refractivity contribution in [3.05, 3.63) is 24.0 Å². The molecular weight excluding hydrogens is 233 g/mol. The molecule has 0 spiro atoms. The highest BCUT2D eigenvalue weighted by Crippen LogP contribution is 2.23. The van der Waals surface area contributed by atoms with Crippen molar-refractivity contribution in [1.82, 2.24) is 15.5 Å². The second kappa shape index (κ2) is 4.89. The smallest absolute Gasteiger partial charge is 0.333 e. The normalized spacial score (nSPS) is 9.69. The zero-order valence-corrected chi connectivity index (χ0v) is 9.68. The summed E-state index contributed by atoms with van der Waals surface area (Å²) in [5, 5.41) is 13.1. The fourth-order valence-corrected chi connectivity index (χ4v) is 1.41. The number of aryl methyl sites for hydroxylation is 1. The Balaban J connectivity index is 0.00000128. The number of rotatable bonds is 2. The number of tetrazole rings is 1. The average Bonchev–Trinajstić information content (AvgIpc) is 2.64. The Labute approximate surface area is 98.1 Å². The molecule has 16 heavy (non-hydrogen) atoms. The summed E-state index contributed by atoms with van der Waals surface area (Å²) in [4.78, 5) is 0. The van der Waals surface area contributed by atoms with E-state index in [1.54, 1.807) is 24.8 Å². The van der Waals surface area contributed by atoms with Crippen LogP contribution in [0.25, 0.3) is 11.4 Å². The molecule has 0 saturated carbocycles. The third-order valence-electron chi connectivity index (χ3n) is 2.15. The van der Waals surface area contributed by atoms with Gasteiger partial charge in [0.1, 0.15) is 10.9 Å². The van der Waals surface area contributed by atoms with Crippen molar-refractivity contribution in [3.63, 3.8) is 0 Å². The summed E-state index contributed by atoms with van der Waals surface area (Å²) < 4.78 is 14.7. The molecule has 1 aromatic heterocycles. The highest BCUT2D eigenvalue weighted by Gasteiger charge is 2.18. The van der Waals surface area contributed by atoms with E-state index in [-0.39, 0.29) is 18.2 Å². The Morgan fingerprint density at radius 3 is 2.75 bits per heavy atom. The molecule has 1 aromatic carbocycles. The molecule has 0 aliphatic rings. The molecule has 5 nitrogen and oxygen atoms in total. The minimum Gasteiger partial charge on any atom is -0.387 e. The van der Waals surface area contributed by atoms with Crippen LogP contribution in [0.3, 0.4) is 0 Å². The van der Waals surface area contributed by atoms with Crippen LogP contribution in [0.2, 0.25) is 0 Å². The van der Waals surface area contributed by atoms with E-state index in [1.807, 2.05) is 0 Å². The van der Waals surface area contributed by atoms with E-state index in [9.17, 15) is 4.39 Å². The van der Waals surface area contributed by atoms with Crippen LogP contribution in [-0.2, 0) is 7.05 Å². The van der Waals surface area contributed by atoms with Gasteiger partial charge < -0.3 is 5.32 Å². The van der Waals surface area contributed by atoms with Gasteiger partial charge in [0.2, 0.25) is 0 Å². The number of anilines is 1. The lowest BCUT2D eigenvalue weighted by molar-refractivity contribution is -0.721. The minimum absolute atomic E-state index is 0. The quantitative estimate of drug-likeness (QED) is 0.772. The molecule has 0 aliphatic heterocycles. The fourth-order valence-electron chi connectivity index (χ4n) is 1.41. The maximum absolute atomic E-state index is 13.1. The average molecular weight is 245 g/mol. The molecule has 0 atom stereocenters. The third-order valence-corrected chi connectivity index (χ3v) is 2.15. The Morgan fingerprint density at radius 1 is 1.44 bits per heavy atom. The van der Waals surface area contributed by atoms with Crippen molar-refractivity contribution in [3.8, 4) is 11.4 Å². The van der Waals surface area contributed by atoms with Gasteiger partial charge in [-0.15, -0.1) is 12.4 Å². The molecule has 1 heterocycles. The lowest BCUT2D eigenvalue weighted by Crippen LogP contribution is -2.32. The Kier molecular flexibility index (Phi) is 3.78. The van der Waals surface area contributed by atoms with E-state index < -0.39 is 0 Å². The first-order chi connectivity index (χ1) is 7.22. The lowest BCUT2D eigenvalue weighted by Gasteiger charge is -2.04. The SMILES string of the molecule is CNc1ccc(F)cc1-c1nn[nH][n+]1C.Cl. The Bertz CT molecular complexity index is 485. The summed E-state index contributed by atoms with van der Waals surface area (Å²) in [5.41, 5.74) is 1.48. The summed E-state index contributed by atoms with van der Waals surface area (Å²) in [7, 11) is 3.54. The van der Waals surface area contributed by atoms with E-state index in [0.29, 0.717) is 11.4 Å². The maximum atomic E-state index is 13.1. The Hall–Kier alpha value is -1.69. The number of benzene rings is 1. The summed E-state index contributed by atoms with van der Waals surface area (Å²) in [6, 6.07) is 4.48. The second-order valence-electron chi connectivity index (χ2n) is 3.12. The van der Waals surface area contributed by atoms with Gasteiger partial charge in [-0.1, -0.05) is 5.21 Å². The van der Waals surface area contributed by atoms with Crippen LogP contribution in [0, 0.1) is 5.82 Å². The predicted molar refractivity (Wildman–Crippen MR) is 59.7 cm³/mol. The molecule has 0 fully saturated rings. The van der Waals surface area contributed by atoms with Crippen LogP contribution in [-0.4, -0.2) is 22.6 Å². The molecule has 0 unspecified atom stereocenters. The first-order valence-corrected chi connectivity index (χ1v) is 4.47. The number of hydrogen-bond donors (Lipinski definition) is 2. The molecule has 0 aliphatic carbocycles. The van der Waals surface area contributed by atoms with Crippen LogP contribution in [0.4, 0.5) is 10.1 Å². The fraction of sp³-hybridized carbons (Fsp3) is 0.222. The summed E-state index contributed by atoms with van der Waals surface area (Å²) >= 11 is 0. The van der Waals surface area contributed by atoms with Crippen LogP contribution >= 0.6 is 12.4 Å². The number of nitrogens with one attached hydrogen (secondary N) is 2. The molecule has 2 rings (SSSR count). The summed E-state index contributed by atoms with van der Waals surface area (Å²) in [6.07, 6.45) is 0. The predicted octanol–water partition coefficient (Wildman–Crippen LogP) is 0.899. The standard InChI is InChI=1S/C9H10FN5.ClH/c1-11-8-4-3-6(10)5-7(8)9-12-13-14-15(9)2;/h3-5H,1-2H3,(H,11,12,14);1H/p+1. The lowest BCUT2D eigenvalue weighted by atomic mass is 10.1. The van der Waals surface area contributed by atoms with Gasteiger partial charge in [-0.2, -0.15) is 4.68 Å².